The molecule has 2 atom stereocenters. The van der Waals surface area contributed by atoms with E-state index >= 15 is 0 Å². The summed E-state index contributed by atoms with van der Waals surface area (Å²) in [6.07, 6.45) is 1.14. The molecule has 2 unspecified atom stereocenters. The molecule has 1 saturated heterocycles. The molecule has 1 aromatic rings. The minimum atomic E-state index is -0.0935. The van der Waals surface area contributed by atoms with Crippen LogP contribution in [0.4, 0.5) is 10.1 Å². The number of nitrogens with zero attached hydrogens (tertiary/aromatic N) is 1. The lowest BCUT2D eigenvalue weighted by molar-refractivity contribution is 0.576. The molecule has 1 heterocycles. The standard InChI is InChI=1S/C16H25FN2/c1-11(2)18-9-14-6-5-7-15(17)16(14)19-10-12(3)8-13(19)4/h5-7,11-13,18H,8-10H2,1-4H3. The normalized spacial score (nSPS) is 23.4. The average molecular weight is 264 g/mol. The Balaban J connectivity index is 2.27. The number of rotatable bonds is 4. The molecule has 1 aliphatic heterocycles. The molecule has 0 aromatic heterocycles. The van der Waals surface area contributed by atoms with Gasteiger partial charge in [-0.1, -0.05) is 32.9 Å². The molecule has 3 heteroatoms. The van der Waals surface area contributed by atoms with Crippen molar-refractivity contribution < 1.29 is 4.39 Å². The highest BCUT2D eigenvalue weighted by atomic mass is 19.1. The molecule has 0 amide bonds. The molecule has 0 spiro atoms. The van der Waals surface area contributed by atoms with Crippen molar-refractivity contribution in [2.45, 2.75) is 52.7 Å². The first-order valence-electron chi connectivity index (χ1n) is 7.26. The van der Waals surface area contributed by atoms with E-state index in [1.807, 2.05) is 6.07 Å². The van der Waals surface area contributed by atoms with E-state index in [2.05, 4.69) is 37.9 Å². The highest BCUT2D eigenvalue weighted by Gasteiger charge is 2.29. The second-order valence-electron chi connectivity index (χ2n) is 6.13. The van der Waals surface area contributed by atoms with Gasteiger partial charge in [0, 0.05) is 25.2 Å². The third kappa shape index (κ3) is 3.27. The summed E-state index contributed by atoms with van der Waals surface area (Å²) in [5.74, 6) is 0.546. The Kier molecular flexibility index (Phi) is 4.46. The second kappa shape index (κ2) is 5.91. The fourth-order valence-corrected chi connectivity index (χ4v) is 2.95. The minimum absolute atomic E-state index is 0.0935. The molecule has 0 saturated carbocycles. The van der Waals surface area contributed by atoms with Crippen LogP contribution >= 0.6 is 0 Å². The first kappa shape index (κ1) is 14.3. The highest BCUT2D eigenvalue weighted by Crippen LogP contribution is 2.33. The lowest BCUT2D eigenvalue weighted by Crippen LogP contribution is -2.30. The van der Waals surface area contributed by atoms with Crippen molar-refractivity contribution in [3.63, 3.8) is 0 Å². The first-order chi connectivity index (χ1) is 8.99. The number of hydrogen-bond acceptors (Lipinski definition) is 2. The third-order valence-electron chi connectivity index (χ3n) is 3.84. The smallest absolute Gasteiger partial charge is 0.146 e. The van der Waals surface area contributed by atoms with E-state index in [-0.39, 0.29) is 5.82 Å². The predicted octanol–water partition coefficient (Wildman–Crippen LogP) is 3.56. The van der Waals surface area contributed by atoms with E-state index in [1.54, 1.807) is 12.1 Å². The highest BCUT2D eigenvalue weighted by molar-refractivity contribution is 5.56. The molecule has 1 N–H and O–H groups in total. The van der Waals surface area contributed by atoms with Crippen molar-refractivity contribution in [1.29, 1.82) is 0 Å². The zero-order valence-corrected chi connectivity index (χ0v) is 12.4. The van der Waals surface area contributed by atoms with Crippen LogP contribution < -0.4 is 10.2 Å². The van der Waals surface area contributed by atoms with Gasteiger partial charge in [0.2, 0.25) is 0 Å². The van der Waals surface area contributed by atoms with E-state index < -0.39 is 0 Å². The lowest BCUT2D eigenvalue weighted by atomic mass is 10.1. The first-order valence-corrected chi connectivity index (χ1v) is 7.26. The van der Waals surface area contributed by atoms with Crippen molar-refractivity contribution >= 4 is 5.69 Å². The molecule has 2 nitrogen and oxygen atoms in total. The SMILES string of the molecule is CC1CC(C)N(c2c(F)cccc2CNC(C)C)C1. The van der Waals surface area contributed by atoms with Gasteiger partial charge in [-0.15, -0.1) is 0 Å². The Morgan fingerprint density at radius 1 is 1.37 bits per heavy atom. The van der Waals surface area contributed by atoms with Crippen LogP contribution in [-0.2, 0) is 6.54 Å². The summed E-state index contributed by atoms with van der Waals surface area (Å²) >= 11 is 0. The van der Waals surface area contributed by atoms with E-state index in [1.165, 1.54) is 0 Å². The molecule has 19 heavy (non-hydrogen) atoms. The fourth-order valence-electron chi connectivity index (χ4n) is 2.95. The van der Waals surface area contributed by atoms with Gasteiger partial charge in [-0.25, -0.2) is 4.39 Å². The van der Waals surface area contributed by atoms with Crippen molar-refractivity contribution in [1.82, 2.24) is 5.32 Å². The van der Waals surface area contributed by atoms with Crippen LogP contribution in [0.25, 0.3) is 0 Å². The van der Waals surface area contributed by atoms with Crippen LogP contribution in [0.5, 0.6) is 0 Å². The summed E-state index contributed by atoms with van der Waals surface area (Å²) in [6.45, 7) is 10.3. The Morgan fingerprint density at radius 3 is 2.68 bits per heavy atom. The van der Waals surface area contributed by atoms with E-state index in [0.29, 0.717) is 18.0 Å². The number of benzene rings is 1. The number of nitrogens with one attached hydrogen (secondary N) is 1. The summed E-state index contributed by atoms with van der Waals surface area (Å²) in [5.41, 5.74) is 1.86. The van der Waals surface area contributed by atoms with Crippen LogP contribution in [-0.4, -0.2) is 18.6 Å². The largest absolute Gasteiger partial charge is 0.366 e. The van der Waals surface area contributed by atoms with Crippen LogP contribution in [0.2, 0.25) is 0 Å². The molecular weight excluding hydrogens is 239 g/mol. The topological polar surface area (TPSA) is 15.3 Å². The Bertz CT molecular complexity index is 431. The molecule has 0 bridgehead atoms. The third-order valence-corrected chi connectivity index (χ3v) is 3.84. The quantitative estimate of drug-likeness (QED) is 0.894. The maximum atomic E-state index is 14.3. The molecule has 106 valence electrons. The van der Waals surface area contributed by atoms with Crippen LogP contribution in [0.15, 0.2) is 18.2 Å². The van der Waals surface area contributed by atoms with Crippen LogP contribution in [0.3, 0.4) is 0 Å². The summed E-state index contributed by atoms with van der Waals surface area (Å²) in [4.78, 5) is 2.23. The summed E-state index contributed by atoms with van der Waals surface area (Å²) in [6, 6.07) is 6.24. The molecule has 2 rings (SSSR count). The molecule has 1 fully saturated rings. The number of halogens is 1. The predicted molar refractivity (Wildman–Crippen MR) is 79.0 cm³/mol. The van der Waals surface area contributed by atoms with Crippen molar-refractivity contribution in [3.05, 3.63) is 29.6 Å². The Morgan fingerprint density at radius 2 is 2.11 bits per heavy atom. The molecular formula is C16H25FN2. The summed E-state index contributed by atoms with van der Waals surface area (Å²) in [7, 11) is 0. The van der Waals surface area contributed by atoms with Gasteiger partial charge in [-0.2, -0.15) is 0 Å². The fraction of sp³-hybridized carbons (Fsp3) is 0.625. The van der Waals surface area contributed by atoms with Crippen molar-refractivity contribution in [2.24, 2.45) is 5.92 Å². The number of anilines is 1. The maximum Gasteiger partial charge on any atom is 0.146 e. The average Bonchev–Trinajstić information content (AvgIpc) is 2.65. The van der Waals surface area contributed by atoms with E-state index in [9.17, 15) is 4.39 Å². The maximum absolute atomic E-state index is 14.3. The van der Waals surface area contributed by atoms with Crippen LogP contribution in [0.1, 0.15) is 39.7 Å². The summed E-state index contributed by atoms with van der Waals surface area (Å²) < 4.78 is 14.3. The molecule has 1 aromatic carbocycles. The Hall–Kier alpha value is -1.09. The van der Waals surface area contributed by atoms with Gasteiger partial charge in [0.15, 0.2) is 0 Å². The zero-order chi connectivity index (χ0) is 14.0. The lowest BCUT2D eigenvalue weighted by Gasteiger charge is -2.27. The van der Waals surface area contributed by atoms with Gasteiger partial charge in [0.25, 0.3) is 0 Å². The van der Waals surface area contributed by atoms with Crippen LogP contribution in [0, 0.1) is 11.7 Å². The summed E-state index contributed by atoms with van der Waals surface area (Å²) in [5, 5.41) is 3.39. The Labute approximate surface area is 116 Å². The van der Waals surface area contributed by atoms with Gasteiger partial charge in [0.05, 0.1) is 5.69 Å². The molecule has 1 aliphatic rings. The molecule has 0 aliphatic carbocycles. The minimum Gasteiger partial charge on any atom is -0.366 e. The molecule has 0 radical (unpaired) electrons. The second-order valence-corrected chi connectivity index (χ2v) is 6.13. The van der Waals surface area contributed by atoms with Gasteiger partial charge in [0.1, 0.15) is 5.82 Å². The van der Waals surface area contributed by atoms with E-state index in [0.717, 1.165) is 30.8 Å². The van der Waals surface area contributed by atoms with Crippen molar-refractivity contribution in [2.75, 3.05) is 11.4 Å². The number of para-hydroxylation sites is 1. The van der Waals surface area contributed by atoms with Gasteiger partial charge < -0.3 is 10.2 Å². The van der Waals surface area contributed by atoms with Crippen molar-refractivity contribution in [3.8, 4) is 0 Å². The monoisotopic (exact) mass is 264 g/mol. The zero-order valence-electron chi connectivity index (χ0n) is 12.4. The van der Waals surface area contributed by atoms with Gasteiger partial charge in [-0.3, -0.25) is 0 Å². The number of hydrogen-bond donors (Lipinski definition) is 1. The van der Waals surface area contributed by atoms with E-state index in [4.69, 9.17) is 0 Å². The van der Waals surface area contributed by atoms with Gasteiger partial charge >= 0.3 is 0 Å². The van der Waals surface area contributed by atoms with Gasteiger partial charge in [-0.05, 0) is 30.9 Å².